The van der Waals surface area contributed by atoms with Gasteiger partial charge in [0.1, 0.15) is 0 Å². The van der Waals surface area contributed by atoms with Gasteiger partial charge in [-0.2, -0.15) is 0 Å². The maximum atomic E-state index is 2.39. The van der Waals surface area contributed by atoms with Crippen molar-refractivity contribution < 1.29 is 0 Å². The Balaban J connectivity index is 2.71. The van der Waals surface area contributed by atoms with Crippen LogP contribution in [0.4, 0.5) is 0 Å². The normalized spacial score (nSPS) is 19.6. The highest BCUT2D eigenvalue weighted by molar-refractivity contribution is 5.21. The van der Waals surface area contributed by atoms with Crippen molar-refractivity contribution in [3.63, 3.8) is 0 Å². The number of hydrogen-bond acceptors (Lipinski definition) is 0. The van der Waals surface area contributed by atoms with Gasteiger partial charge in [-0.05, 0) is 37.5 Å². The summed E-state index contributed by atoms with van der Waals surface area (Å²) in [5.74, 6) is 0.757. The molecule has 0 saturated heterocycles. The van der Waals surface area contributed by atoms with Crippen LogP contribution in [0.2, 0.25) is 0 Å². The summed E-state index contributed by atoms with van der Waals surface area (Å²) in [7, 11) is 0. The van der Waals surface area contributed by atoms with Gasteiger partial charge in [-0.3, -0.25) is 0 Å². The predicted octanol–water partition coefficient (Wildman–Crippen LogP) is 4.56. The molecule has 0 heteroatoms. The van der Waals surface area contributed by atoms with Crippen molar-refractivity contribution in [2.75, 3.05) is 0 Å². The second-order valence-electron chi connectivity index (χ2n) is 5.20. The summed E-state index contributed by atoms with van der Waals surface area (Å²) in [5, 5.41) is 0. The van der Waals surface area contributed by atoms with Gasteiger partial charge in [-0.1, -0.05) is 45.3 Å². The van der Waals surface area contributed by atoms with Gasteiger partial charge in [-0.25, -0.2) is 0 Å². The lowest BCUT2D eigenvalue weighted by atomic mass is 9.71. The average molecular weight is 180 g/mol. The molecule has 0 radical (unpaired) electrons. The van der Waals surface area contributed by atoms with E-state index in [9.17, 15) is 0 Å². The second-order valence-corrected chi connectivity index (χ2v) is 5.20. The van der Waals surface area contributed by atoms with Crippen molar-refractivity contribution in [2.24, 2.45) is 11.3 Å². The molecule has 0 aromatic heterocycles. The fraction of sp³-hybridized carbons (Fsp3) is 0.846. The van der Waals surface area contributed by atoms with E-state index in [4.69, 9.17) is 0 Å². The molecule has 0 nitrogen and oxygen atoms in total. The van der Waals surface area contributed by atoms with Crippen LogP contribution < -0.4 is 0 Å². The van der Waals surface area contributed by atoms with Gasteiger partial charge < -0.3 is 0 Å². The largest absolute Gasteiger partial charge is 0.0710 e. The molecular formula is C13H24. The number of hydrogen-bond donors (Lipinski definition) is 0. The fourth-order valence-electron chi connectivity index (χ4n) is 1.95. The minimum atomic E-state index is 0.479. The molecule has 0 aliphatic heterocycles. The minimum Gasteiger partial charge on any atom is -0.0710 e. The van der Waals surface area contributed by atoms with Crippen molar-refractivity contribution in [3.05, 3.63) is 11.1 Å². The number of rotatable bonds is 3. The molecule has 0 bridgehead atoms. The highest BCUT2D eigenvalue weighted by atomic mass is 14.3. The molecule has 1 fully saturated rings. The van der Waals surface area contributed by atoms with E-state index in [-0.39, 0.29) is 0 Å². The summed E-state index contributed by atoms with van der Waals surface area (Å²) in [4.78, 5) is 0. The molecule has 1 saturated carbocycles. The zero-order valence-electron chi connectivity index (χ0n) is 9.91. The van der Waals surface area contributed by atoms with Crippen molar-refractivity contribution in [3.8, 4) is 0 Å². The Kier molecular flexibility index (Phi) is 3.21. The molecule has 0 aromatic carbocycles. The summed E-state index contributed by atoms with van der Waals surface area (Å²) in [6.07, 6.45) is 5.44. The van der Waals surface area contributed by atoms with E-state index in [2.05, 4.69) is 34.6 Å². The first-order valence-electron chi connectivity index (χ1n) is 5.67. The maximum absolute atomic E-state index is 2.39. The molecule has 76 valence electrons. The molecule has 0 N–H and O–H groups in total. The smallest absolute Gasteiger partial charge is 0.0180 e. The van der Waals surface area contributed by atoms with Crippen LogP contribution in [-0.4, -0.2) is 0 Å². The van der Waals surface area contributed by atoms with Crippen LogP contribution in [-0.2, 0) is 0 Å². The summed E-state index contributed by atoms with van der Waals surface area (Å²) in [6.45, 7) is 11.8. The molecule has 0 spiro atoms. The molecule has 13 heavy (non-hydrogen) atoms. The standard InChI is InChI=1S/C13H24/c1-6-13(4,5)11(3)10(2)12-8-7-9-12/h11H,6-9H2,1-5H3. The number of allylic oxidation sites excluding steroid dienone is 2. The van der Waals surface area contributed by atoms with Gasteiger partial charge in [-0.15, -0.1) is 0 Å². The Hall–Kier alpha value is -0.260. The first-order valence-corrected chi connectivity index (χ1v) is 5.67. The van der Waals surface area contributed by atoms with E-state index in [1.807, 2.05) is 0 Å². The molecule has 1 aliphatic carbocycles. The van der Waals surface area contributed by atoms with Crippen LogP contribution in [0, 0.1) is 11.3 Å². The molecule has 0 amide bonds. The first-order chi connectivity index (χ1) is 5.99. The summed E-state index contributed by atoms with van der Waals surface area (Å²) in [5.41, 5.74) is 3.90. The van der Waals surface area contributed by atoms with E-state index >= 15 is 0 Å². The molecule has 1 atom stereocenters. The Morgan fingerprint density at radius 3 is 2.23 bits per heavy atom. The van der Waals surface area contributed by atoms with Gasteiger partial charge in [0, 0.05) is 0 Å². The Labute approximate surface area is 83.4 Å². The van der Waals surface area contributed by atoms with Gasteiger partial charge >= 0.3 is 0 Å². The average Bonchev–Trinajstić information content (AvgIpc) is 1.99. The maximum Gasteiger partial charge on any atom is -0.0180 e. The fourth-order valence-corrected chi connectivity index (χ4v) is 1.95. The summed E-state index contributed by atoms with van der Waals surface area (Å²) in [6, 6.07) is 0. The monoisotopic (exact) mass is 180 g/mol. The van der Waals surface area contributed by atoms with E-state index in [1.165, 1.54) is 25.7 Å². The van der Waals surface area contributed by atoms with E-state index in [0.29, 0.717) is 5.41 Å². The second kappa shape index (κ2) is 3.86. The van der Waals surface area contributed by atoms with Gasteiger partial charge in [0.25, 0.3) is 0 Å². The van der Waals surface area contributed by atoms with Crippen LogP contribution in [0.25, 0.3) is 0 Å². The van der Waals surface area contributed by atoms with Crippen LogP contribution in [0.3, 0.4) is 0 Å². The lowest BCUT2D eigenvalue weighted by Gasteiger charge is -2.34. The first kappa shape index (κ1) is 10.8. The lowest BCUT2D eigenvalue weighted by molar-refractivity contribution is 0.251. The summed E-state index contributed by atoms with van der Waals surface area (Å²) >= 11 is 0. The van der Waals surface area contributed by atoms with Crippen LogP contribution in [0.5, 0.6) is 0 Å². The molecule has 1 rings (SSSR count). The van der Waals surface area contributed by atoms with Crippen molar-refractivity contribution in [1.82, 2.24) is 0 Å². The van der Waals surface area contributed by atoms with Crippen LogP contribution in [0.15, 0.2) is 11.1 Å². The van der Waals surface area contributed by atoms with Crippen LogP contribution >= 0.6 is 0 Å². The highest BCUT2D eigenvalue weighted by Gasteiger charge is 2.27. The van der Waals surface area contributed by atoms with Crippen LogP contribution in [0.1, 0.15) is 60.3 Å². The van der Waals surface area contributed by atoms with Crippen molar-refractivity contribution in [2.45, 2.75) is 60.3 Å². The molecular weight excluding hydrogens is 156 g/mol. The van der Waals surface area contributed by atoms with E-state index in [0.717, 1.165) is 5.92 Å². The van der Waals surface area contributed by atoms with E-state index in [1.54, 1.807) is 11.1 Å². The van der Waals surface area contributed by atoms with E-state index < -0.39 is 0 Å². The molecule has 1 unspecified atom stereocenters. The third-order valence-corrected chi connectivity index (χ3v) is 4.25. The summed E-state index contributed by atoms with van der Waals surface area (Å²) < 4.78 is 0. The zero-order chi connectivity index (χ0) is 10.1. The molecule has 0 heterocycles. The van der Waals surface area contributed by atoms with Crippen molar-refractivity contribution in [1.29, 1.82) is 0 Å². The van der Waals surface area contributed by atoms with Gasteiger partial charge in [0.05, 0.1) is 0 Å². The Bertz CT molecular complexity index is 202. The van der Waals surface area contributed by atoms with Gasteiger partial charge in [0.15, 0.2) is 0 Å². The Morgan fingerprint density at radius 1 is 1.38 bits per heavy atom. The quantitative estimate of drug-likeness (QED) is 0.558. The Morgan fingerprint density at radius 2 is 1.92 bits per heavy atom. The third-order valence-electron chi connectivity index (χ3n) is 4.25. The van der Waals surface area contributed by atoms with Crippen molar-refractivity contribution >= 4 is 0 Å². The minimum absolute atomic E-state index is 0.479. The lowest BCUT2D eigenvalue weighted by Crippen LogP contribution is -2.23. The topological polar surface area (TPSA) is 0 Å². The predicted molar refractivity (Wildman–Crippen MR) is 59.8 cm³/mol. The molecule has 1 aliphatic rings. The van der Waals surface area contributed by atoms with Gasteiger partial charge in [0.2, 0.25) is 0 Å². The SMILES string of the molecule is CCC(C)(C)C(C)C(C)=C1CCC1. The highest BCUT2D eigenvalue weighted by Crippen LogP contribution is 2.40. The third kappa shape index (κ3) is 2.15. The zero-order valence-corrected chi connectivity index (χ0v) is 9.91. The molecule has 0 aromatic rings.